The van der Waals surface area contributed by atoms with Crippen molar-refractivity contribution < 1.29 is 19.1 Å². The van der Waals surface area contributed by atoms with Crippen LogP contribution in [-0.2, 0) is 38.7 Å². The number of carbonyl (C=O) groups is 3. The van der Waals surface area contributed by atoms with E-state index < -0.39 is 17.6 Å². The molecule has 3 fully saturated rings. The van der Waals surface area contributed by atoms with E-state index in [0.717, 1.165) is 57.5 Å². The Morgan fingerprint density at radius 1 is 0.766 bits per heavy atom. The van der Waals surface area contributed by atoms with Crippen LogP contribution < -0.4 is 5.32 Å². The lowest BCUT2D eigenvalue weighted by Gasteiger charge is -2.53. The molecule has 3 aromatic carbocycles. The monoisotopic (exact) mass is 636 g/mol. The molecule has 6 rings (SSSR count). The van der Waals surface area contributed by atoms with Crippen molar-refractivity contribution in [2.45, 2.75) is 82.1 Å². The maximum atomic E-state index is 14.3. The Balaban J connectivity index is 1.09. The fourth-order valence-corrected chi connectivity index (χ4v) is 7.58. The zero-order valence-electron chi connectivity index (χ0n) is 27.4. The van der Waals surface area contributed by atoms with Crippen LogP contribution in [-0.4, -0.2) is 82.8 Å². The Morgan fingerprint density at radius 3 is 2.09 bits per heavy atom. The Kier molecular flexibility index (Phi) is 11.0. The summed E-state index contributed by atoms with van der Waals surface area (Å²) in [5.41, 5.74) is 2.62. The van der Waals surface area contributed by atoms with Crippen molar-refractivity contribution in [3.05, 3.63) is 108 Å². The van der Waals surface area contributed by atoms with E-state index in [1.54, 1.807) is 0 Å². The molecule has 8 heteroatoms. The molecule has 0 radical (unpaired) electrons. The summed E-state index contributed by atoms with van der Waals surface area (Å²) in [7, 11) is 0. The second-order valence-corrected chi connectivity index (χ2v) is 13.4. The van der Waals surface area contributed by atoms with Crippen LogP contribution in [0.4, 0.5) is 0 Å². The van der Waals surface area contributed by atoms with E-state index in [0.29, 0.717) is 19.4 Å². The third-order valence-electron chi connectivity index (χ3n) is 10.2. The number of carbonyl (C=O) groups excluding carboxylic acids is 3. The molecule has 3 aliphatic rings. The molecular formula is C39H48N4O4. The summed E-state index contributed by atoms with van der Waals surface area (Å²) in [5, 5.41) is 2.99. The summed E-state index contributed by atoms with van der Waals surface area (Å²) in [6.07, 6.45) is 6.42. The summed E-state index contributed by atoms with van der Waals surface area (Å²) in [6.45, 7) is 5.09. The zero-order chi connectivity index (χ0) is 32.5. The second kappa shape index (κ2) is 15.7. The van der Waals surface area contributed by atoms with Crippen molar-refractivity contribution in [3.63, 3.8) is 0 Å². The predicted octanol–water partition coefficient (Wildman–Crippen LogP) is 4.97. The molecule has 0 saturated carbocycles. The summed E-state index contributed by atoms with van der Waals surface area (Å²) < 4.78 is 5.51. The molecule has 0 aliphatic carbocycles. The smallest absolute Gasteiger partial charge is 0.308 e. The van der Waals surface area contributed by atoms with Crippen LogP contribution in [0.5, 0.6) is 0 Å². The maximum absolute atomic E-state index is 14.3. The molecule has 47 heavy (non-hydrogen) atoms. The van der Waals surface area contributed by atoms with Gasteiger partial charge < -0.3 is 19.9 Å². The summed E-state index contributed by atoms with van der Waals surface area (Å²) in [5.74, 6) is -0.758. The van der Waals surface area contributed by atoms with E-state index in [1.165, 1.54) is 24.0 Å². The highest BCUT2D eigenvalue weighted by Gasteiger charge is 2.56. The first kappa shape index (κ1) is 32.9. The van der Waals surface area contributed by atoms with Crippen molar-refractivity contribution in [1.82, 2.24) is 20.0 Å². The molecule has 1 spiro atoms. The van der Waals surface area contributed by atoms with Crippen LogP contribution in [0.15, 0.2) is 91.0 Å². The normalized spacial score (nSPS) is 21.6. The molecule has 3 aromatic rings. The van der Waals surface area contributed by atoms with E-state index in [1.807, 2.05) is 41.3 Å². The fourth-order valence-electron chi connectivity index (χ4n) is 7.58. The average molecular weight is 637 g/mol. The van der Waals surface area contributed by atoms with Gasteiger partial charge in [-0.1, -0.05) is 97.4 Å². The standard InChI is InChI=1S/C39H48N4O4/c44-36(47-30-33-18-9-3-10-19-33)27-35-37(45)43(34-20-24-42(29-34)28-32-16-7-2-8-17-32)39(38(46)40-35)21-25-41(26-22-39)23-12-4-11-15-31-13-5-1-6-14-31/h1-3,5-10,13-14,16-19,34-35H,4,11-12,15,20-30H2,(H,40,46). The summed E-state index contributed by atoms with van der Waals surface area (Å²) in [6, 6.07) is 29.5. The van der Waals surface area contributed by atoms with Crippen LogP contribution in [0.1, 0.15) is 61.6 Å². The van der Waals surface area contributed by atoms with Crippen LogP contribution in [0.25, 0.3) is 0 Å². The van der Waals surface area contributed by atoms with E-state index in [9.17, 15) is 14.4 Å². The number of amides is 2. The van der Waals surface area contributed by atoms with E-state index >= 15 is 0 Å². The molecule has 0 aromatic heterocycles. The molecule has 0 bridgehead atoms. The first-order chi connectivity index (χ1) is 23.0. The fraction of sp³-hybridized carbons (Fsp3) is 0.462. The van der Waals surface area contributed by atoms with E-state index in [-0.39, 0.29) is 30.9 Å². The van der Waals surface area contributed by atoms with Crippen molar-refractivity contribution in [2.75, 3.05) is 32.7 Å². The first-order valence-corrected chi connectivity index (χ1v) is 17.4. The van der Waals surface area contributed by atoms with E-state index in [2.05, 4.69) is 69.7 Å². The highest BCUT2D eigenvalue weighted by atomic mass is 16.5. The van der Waals surface area contributed by atoms with Gasteiger partial charge in [0, 0.05) is 38.8 Å². The van der Waals surface area contributed by atoms with Crippen LogP contribution in [0.3, 0.4) is 0 Å². The summed E-state index contributed by atoms with van der Waals surface area (Å²) >= 11 is 0. The molecule has 1 N–H and O–H groups in total. The number of hydrogen-bond acceptors (Lipinski definition) is 6. The van der Waals surface area contributed by atoms with E-state index in [4.69, 9.17) is 4.74 Å². The largest absolute Gasteiger partial charge is 0.461 e. The highest BCUT2D eigenvalue weighted by Crippen LogP contribution is 2.37. The molecule has 3 saturated heterocycles. The number of ether oxygens (including phenoxy) is 1. The number of rotatable bonds is 13. The number of nitrogens with zero attached hydrogens (tertiary/aromatic N) is 3. The number of nitrogens with one attached hydrogen (secondary N) is 1. The van der Waals surface area contributed by atoms with Gasteiger partial charge in [0.05, 0.1) is 6.42 Å². The van der Waals surface area contributed by atoms with Gasteiger partial charge in [-0.25, -0.2) is 0 Å². The van der Waals surface area contributed by atoms with Crippen molar-refractivity contribution in [3.8, 4) is 0 Å². The van der Waals surface area contributed by atoms with Gasteiger partial charge in [-0.05, 0) is 61.8 Å². The molecule has 8 nitrogen and oxygen atoms in total. The lowest BCUT2D eigenvalue weighted by Crippen LogP contribution is -2.75. The predicted molar refractivity (Wildman–Crippen MR) is 182 cm³/mol. The quantitative estimate of drug-likeness (QED) is 0.211. The van der Waals surface area contributed by atoms with Gasteiger partial charge in [-0.2, -0.15) is 0 Å². The SMILES string of the molecule is O=C(CC1NC(=O)C2(CCN(CCCCCc3ccccc3)CC2)N(C2CCN(Cc3ccccc3)C2)C1=O)OCc1ccccc1. The molecule has 2 unspecified atom stereocenters. The first-order valence-electron chi connectivity index (χ1n) is 17.4. The Bertz CT molecular complexity index is 1460. The third-order valence-corrected chi connectivity index (χ3v) is 10.2. The minimum Gasteiger partial charge on any atom is -0.461 e. The number of esters is 1. The zero-order valence-corrected chi connectivity index (χ0v) is 27.4. The molecule has 3 heterocycles. The third kappa shape index (κ3) is 8.29. The number of piperidine rings is 1. The molecule has 248 valence electrons. The number of unbranched alkanes of at least 4 members (excludes halogenated alkanes) is 2. The number of aryl methyl sites for hydroxylation is 1. The second-order valence-electron chi connectivity index (χ2n) is 13.4. The van der Waals surface area contributed by atoms with Crippen molar-refractivity contribution in [1.29, 1.82) is 0 Å². The van der Waals surface area contributed by atoms with Gasteiger partial charge in [0.25, 0.3) is 0 Å². The van der Waals surface area contributed by atoms with Crippen LogP contribution in [0, 0.1) is 0 Å². The molecule has 2 amide bonds. The van der Waals surface area contributed by atoms with Gasteiger partial charge in [-0.3, -0.25) is 19.3 Å². The Labute approximate surface area is 279 Å². The van der Waals surface area contributed by atoms with Crippen LogP contribution in [0.2, 0.25) is 0 Å². The highest BCUT2D eigenvalue weighted by molar-refractivity contribution is 6.01. The number of likely N-dealkylation sites (tertiary alicyclic amines) is 2. The Hall–Kier alpha value is -4.01. The van der Waals surface area contributed by atoms with Gasteiger partial charge in [0.2, 0.25) is 11.8 Å². The number of benzene rings is 3. The lowest BCUT2D eigenvalue weighted by molar-refractivity contribution is -0.167. The van der Waals surface area contributed by atoms with Gasteiger partial charge in [-0.15, -0.1) is 0 Å². The summed E-state index contributed by atoms with van der Waals surface area (Å²) in [4.78, 5) is 48.0. The van der Waals surface area contributed by atoms with Gasteiger partial charge >= 0.3 is 5.97 Å². The minimum absolute atomic E-state index is 0.0790. The van der Waals surface area contributed by atoms with Crippen LogP contribution >= 0.6 is 0 Å². The van der Waals surface area contributed by atoms with Crippen molar-refractivity contribution >= 4 is 17.8 Å². The number of piperazine rings is 1. The topological polar surface area (TPSA) is 82.2 Å². The molecule has 3 aliphatic heterocycles. The van der Waals surface area contributed by atoms with Gasteiger partial charge in [0.15, 0.2) is 0 Å². The Morgan fingerprint density at radius 2 is 1.40 bits per heavy atom. The van der Waals surface area contributed by atoms with Crippen molar-refractivity contribution in [2.24, 2.45) is 0 Å². The average Bonchev–Trinajstić information content (AvgIpc) is 3.56. The lowest BCUT2D eigenvalue weighted by atomic mass is 9.80. The molecule has 2 atom stereocenters. The minimum atomic E-state index is -0.915. The van der Waals surface area contributed by atoms with Gasteiger partial charge in [0.1, 0.15) is 18.2 Å². The maximum Gasteiger partial charge on any atom is 0.308 e. The number of hydrogen-bond donors (Lipinski definition) is 1. The molecular weight excluding hydrogens is 588 g/mol.